The first-order chi connectivity index (χ1) is 10.1. The van der Waals surface area contributed by atoms with E-state index >= 15 is 0 Å². The van der Waals surface area contributed by atoms with Gasteiger partial charge in [-0.25, -0.2) is 0 Å². The number of nitrogens with two attached hydrogens (primary N) is 1. The summed E-state index contributed by atoms with van der Waals surface area (Å²) < 4.78 is 11.1. The van der Waals surface area contributed by atoms with Crippen LogP contribution < -0.4 is 15.2 Å². The number of ether oxygens (including phenoxy) is 2. The Morgan fingerprint density at radius 2 is 1.77 bits per heavy atom. The number of hydrogen-bond acceptors (Lipinski definition) is 4. The summed E-state index contributed by atoms with van der Waals surface area (Å²) in [6, 6.07) is 14.9. The van der Waals surface area contributed by atoms with Crippen molar-refractivity contribution in [2.75, 3.05) is 7.11 Å². The standard InChI is InChI=1S/C17H21NO3.ClH/c1-12(19)17(18)14-8-9-15(16(10-14)20-2)21-11-13-6-4-3-5-7-13;/h3-10,12,17,19H,11,18H2,1-2H3;1H/t12-,17-;/m0./s1. The molecule has 2 aromatic carbocycles. The van der Waals surface area contributed by atoms with Crippen LogP contribution in [0.2, 0.25) is 0 Å². The van der Waals surface area contributed by atoms with Gasteiger partial charge in [-0.2, -0.15) is 0 Å². The molecule has 0 aliphatic rings. The Morgan fingerprint density at radius 1 is 1.09 bits per heavy atom. The molecule has 0 bridgehead atoms. The Hall–Kier alpha value is -1.75. The predicted molar refractivity (Wildman–Crippen MR) is 89.6 cm³/mol. The second-order valence-corrected chi connectivity index (χ2v) is 4.95. The van der Waals surface area contributed by atoms with Crippen molar-refractivity contribution < 1.29 is 14.6 Å². The Morgan fingerprint density at radius 3 is 2.36 bits per heavy atom. The maximum atomic E-state index is 9.56. The number of hydrogen-bond donors (Lipinski definition) is 2. The smallest absolute Gasteiger partial charge is 0.161 e. The highest BCUT2D eigenvalue weighted by molar-refractivity contribution is 5.85. The first kappa shape index (κ1) is 18.3. The monoisotopic (exact) mass is 323 g/mol. The summed E-state index contributed by atoms with van der Waals surface area (Å²) in [4.78, 5) is 0. The lowest BCUT2D eigenvalue weighted by atomic mass is 10.0. The summed E-state index contributed by atoms with van der Waals surface area (Å²) in [5, 5.41) is 9.56. The predicted octanol–water partition coefficient (Wildman–Crippen LogP) is 3.08. The minimum absolute atomic E-state index is 0. The van der Waals surface area contributed by atoms with E-state index in [4.69, 9.17) is 15.2 Å². The fraction of sp³-hybridized carbons (Fsp3) is 0.294. The molecule has 4 nitrogen and oxygen atoms in total. The van der Waals surface area contributed by atoms with Gasteiger partial charge in [0, 0.05) is 0 Å². The van der Waals surface area contributed by atoms with Gasteiger partial charge >= 0.3 is 0 Å². The van der Waals surface area contributed by atoms with Gasteiger partial charge in [0.1, 0.15) is 6.61 Å². The van der Waals surface area contributed by atoms with Crippen molar-refractivity contribution in [3.63, 3.8) is 0 Å². The van der Waals surface area contributed by atoms with Crippen molar-refractivity contribution in [3.8, 4) is 11.5 Å². The molecular weight excluding hydrogens is 302 g/mol. The van der Waals surface area contributed by atoms with E-state index in [2.05, 4.69) is 0 Å². The average molecular weight is 324 g/mol. The largest absolute Gasteiger partial charge is 0.493 e. The molecule has 0 fully saturated rings. The Labute approximate surface area is 137 Å². The zero-order chi connectivity index (χ0) is 15.2. The van der Waals surface area contributed by atoms with Crippen LogP contribution in [0.25, 0.3) is 0 Å². The molecule has 0 aliphatic carbocycles. The van der Waals surface area contributed by atoms with E-state index in [1.54, 1.807) is 20.1 Å². The SMILES string of the molecule is COc1cc([C@@H](N)[C@H](C)O)ccc1OCc1ccccc1.Cl. The van der Waals surface area contributed by atoms with Gasteiger partial charge in [-0.15, -0.1) is 12.4 Å². The third-order valence-corrected chi connectivity index (χ3v) is 3.33. The molecule has 0 aliphatic heterocycles. The lowest BCUT2D eigenvalue weighted by molar-refractivity contribution is 0.164. The van der Waals surface area contributed by atoms with Crippen LogP contribution in [0.3, 0.4) is 0 Å². The molecule has 2 aromatic rings. The van der Waals surface area contributed by atoms with E-state index in [0.29, 0.717) is 18.1 Å². The third kappa shape index (κ3) is 4.63. The first-order valence-electron chi connectivity index (χ1n) is 6.90. The molecular formula is C17H22ClNO3. The van der Waals surface area contributed by atoms with Crippen molar-refractivity contribution in [2.24, 2.45) is 5.73 Å². The van der Waals surface area contributed by atoms with E-state index in [-0.39, 0.29) is 12.4 Å². The molecule has 22 heavy (non-hydrogen) atoms. The van der Waals surface area contributed by atoms with Gasteiger partial charge in [0.15, 0.2) is 11.5 Å². The Balaban J connectivity index is 0.00000242. The number of halogens is 1. The molecule has 0 spiro atoms. The van der Waals surface area contributed by atoms with Gasteiger partial charge in [-0.05, 0) is 30.2 Å². The molecule has 2 rings (SSSR count). The number of methoxy groups -OCH3 is 1. The van der Waals surface area contributed by atoms with E-state index < -0.39 is 12.1 Å². The molecule has 120 valence electrons. The van der Waals surface area contributed by atoms with Gasteiger partial charge < -0.3 is 20.3 Å². The summed E-state index contributed by atoms with van der Waals surface area (Å²) >= 11 is 0. The number of aliphatic hydroxyl groups excluding tert-OH is 1. The second-order valence-electron chi connectivity index (χ2n) is 4.95. The average Bonchev–Trinajstić information content (AvgIpc) is 2.53. The highest BCUT2D eigenvalue weighted by atomic mass is 35.5. The van der Waals surface area contributed by atoms with Crippen LogP contribution in [0.1, 0.15) is 24.1 Å². The lowest BCUT2D eigenvalue weighted by Gasteiger charge is -2.17. The van der Waals surface area contributed by atoms with Gasteiger partial charge in [0.05, 0.1) is 19.3 Å². The molecule has 0 unspecified atom stereocenters. The number of rotatable bonds is 6. The molecule has 0 aromatic heterocycles. The minimum atomic E-state index is -0.620. The zero-order valence-corrected chi connectivity index (χ0v) is 13.5. The lowest BCUT2D eigenvalue weighted by Crippen LogP contribution is -2.23. The molecule has 3 N–H and O–H groups in total. The zero-order valence-electron chi connectivity index (χ0n) is 12.7. The van der Waals surface area contributed by atoms with Crippen molar-refractivity contribution in [2.45, 2.75) is 25.7 Å². The normalized spacial score (nSPS) is 12.9. The Bertz CT molecular complexity index is 575. The molecule has 5 heteroatoms. The molecule has 0 saturated carbocycles. The maximum absolute atomic E-state index is 9.56. The fourth-order valence-electron chi connectivity index (χ4n) is 2.02. The van der Waals surface area contributed by atoms with Crippen molar-refractivity contribution in [1.29, 1.82) is 0 Å². The second kappa shape index (κ2) is 8.63. The molecule has 2 atom stereocenters. The summed E-state index contributed by atoms with van der Waals surface area (Å²) in [7, 11) is 1.59. The van der Waals surface area contributed by atoms with Crippen LogP contribution >= 0.6 is 12.4 Å². The van der Waals surface area contributed by atoms with Gasteiger partial charge in [-0.3, -0.25) is 0 Å². The van der Waals surface area contributed by atoms with E-state index in [1.807, 2.05) is 42.5 Å². The topological polar surface area (TPSA) is 64.7 Å². The molecule has 0 radical (unpaired) electrons. The summed E-state index contributed by atoms with van der Waals surface area (Å²) in [5.41, 5.74) is 7.83. The van der Waals surface area contributed by atoms with Crippen LogP contribution in [0.15, 0.2) is 48.5 Å². The van der Waals surface area contributed by atoms with E-state index in [1.165, 1.54) is 0 Å². The van der Waals surface area contributed by atoms with E-state index in [0.717, 1.165) is 11.1 Å². The van der Waals surface area contributed by atoms with Gasteiger partial charge in [0.2, 0.25) is 0 Å². The number of aliphatic hydroxyl groups is 1. The van der Waals surface area contributed by atoms with Crippen molar-refractivity contribution >= 4 is 12.4 Å². The highest BCUT2D eigenvalue weighted by Gasteiger charge is 2.15. The van der Waals surface area contributed by atoms with Crippen LogP contribution in [0, 0.1) is 0 Å². The van der Waals surface area contributed by atoms with Crippen LogP contribution in [-0.2, 0) is 6.61 Å². The number of benzene rings is 2. The Kier molecular flexibility index (Phi) is 7.18. The van der Waals surface area contributed by atoms with Crippen LogP contribution in [0.4, 0.5) is 0 Å². The highest BCUT2D eigenvalue weighted by Crippen LogP contribution is 2.31. The summed E-state index contributed by atoms with van der Waals surface area (Å²) in [6.07, 6.45) is -0.620. The molecule has 0 amide bonds. The van der Waals surface area contributed by atoms with Crippen molar-refractivity contribution in [1.82, 2.24) is 0 Å². The van der Waals surface area contributed by atoms with Gasteiger partial charge in [-0.1, -0.05) is 36.4 Å². The minimum Gasteiger partial charge on any atom is -0.493 e. The first-order valence-corrected chi connectivity index (χ1v) is 6.90. The van der Waals surface area contributed by atoms with Gasteiger partial charge in [0.25, 0.3) is 0 Å². The fourth-order valence-corrected chi connectivity index (χ4v) is 2.02. The van der Waals surface area contributed by atoms with Crippen LogP contribution in [0.5, 0.6) is 11.5 Å². The van der Waals surface area contributed by atoms with Crippen LogP contribution in [-0.4, -0.2) is 18.3 Å². The maximum Gasteiger partial charge on any atom is 0.161 e. The quantitative estimate of drug-likeness (QED) is 0.857. The summed E-state index contributed by atoms with van der Waals surface area (Å²) in [6.45, 7) is 2.13. The summed E-state index contributed by atoms with van der Waals surface area (Å²) in [5.74, 6) is 1.27. The van der Waals surface area contributed by atoms with Crippen molar-refractivity contribution in [3.05, 3.63) is 59.7 Å². The third-order valence-electron chi connectivity index (χ3n) is 3.33. The van der Waals surface area contributed by atoms with E-state index in [9.17, 15) is 5.11 Å². The molecule has 0 heterocycles. The molecule has 0 saturated heterocycles.